The van der Waals surface area contributed by atoms with Crippen LogP contribution in [0.25, 0.3) is 44.6 Å². The highest BCUT2D eigenvalue weighted by Crippen LogP contribution is 2.31. The van der Waals surface area contributed by atoms with Crippen LogP contribution in [0.4, 0.5) is 5.69 Å². The van der Waals surface area contributed by atoms with Crippen LogP contribution in [0.5, 0.6) is 0 Å². The van der Waals surface area contributed by atoms with E-state index in [4.69, 9.17) is 15.7 Å². The van der Waals surface area contributed by atoms with Gasteiger partial charge in [0, 0.05) is 29.2 Å². The molecule has 2 aromatic carbocycles. The Kier molecular flexibility index (Phi) is 3.02. The summed E-state index contributed by atoms with van der Waals surface area (Å²) in [7, 11) is 1.88. The van der Waals surface area contributed by atoms with Crippen LogP contribution in [0.3, 0.4) is 0 Å². The Morgan fingerprint density at radius 3 is 2.77 bits per heavy atom. The minimum Gasteiger partial charge on any atom is -0.399 e. The fourth-order valence-electron chi connectivity index (χ4n) is 3.21. The summed E-state index contributed by atoms with van der Waals surface area (Å²) >= 11 is 0. The van der Waals surface area contributed by atoms with Gasteiger partial charge >= 0.3 is 0 Å². The molecule has 0 bridgehead atoms. The number of aromatic nitrogens is 6. The van der Waals surface area contributed by atoms with Crippen LogP contribution in [0, 0.1) is 0 Å². The molecule has 5 aromatic rings. The number of fused-ring (bicyclic) bond motifs is 2. The van der Waals surface area contributed by atoms with Crippen molar-refractivity contribution in [3.63, 3.8) is 0 Å². The third kappa shape index (κ3) is 2.14. The summed E-state index contributed by atoms with van der Waals surface area (Å²) in [4.78, 5) is 9.62. The molecule has 0 unspecified atom stereocenters. The van der Waals surface area contributed by atoms with Gasteiger partial charge in [0.2, 0.25) is 0 Å². The zero-order valence-corrected chi connectivity index (χ0v) is 14.0. The summed E-state index contributed by atoms with van der Waals surface area (Å²) in [5, 5.41) is 13.3. The van der Waals surface area contributed by atoms with Crippen molar-refractivity contribution in [2.75, 3.05) is 5.73 Å². The summed E-state index contributed by atoms with van der Waals surface area (Å²) in [5.74, 6) is 0.630. The van der Waals surface area contributed by atoms with E-state index in [-0.39, 0.29) is 0 Å². The highest BCUT2D eigenvalue weighted by atomic mass is 15.3. The lowest BCUT2D eigenvalue weighted by atomic mass is 10.1. The van der Waals surface area contributed by atoms with E-state index < -0.39 is 0 Å². The lowest BCUT2D eigenvalue weighted by molar-refractivity contribution is 0.786. The number of anilines is 1. The van der Waals surface area contributed by atoms with Gasteiger partial charge in [0.15, 0.2) is 11.5 Å². The molecule has 3 N–H and O–H groups in total. The Balaban J connectivity index is 1.85. The van der Waals surface area contributed by atoms with Crippen molar-refractivity contribution in [3.05, 3.63) is 54.9 Å². The summed E-state index contributed by atoms with van der Waals surface area (Å²) in [6, 6.07) is 13.6. The number of H-pyrrole nitrogens is 1. The molecule has 0 saturated heterocycles. The van der Waals surface area contributed by atoms with Crippen LogP contribution >= 0.6 is 0 Å². The third-order valence-corrected chi connectivity index (χ3v) is 4.48. The molecular weight excluding hydrogens is 326 g/mol. The van der Waals surface area contributed by atoms with Crippen molar-refractivity contribution in [1.29, 1.82) is 0 Å². The first kappa shape index (κ1) is 14.6. The van der Waals surface area contributed by atoms with Crippen LogP contribution in [0.1, 0.15) is 0 Å². The molecular formula is C19H15N7. The number of aryl methyl sites for hydroxylation is 1. The van der Waals surface area contributed by atoms with E-state index in [0.29, 0.717) is 11.5 Å². The van der Waals surface area contributed by atoms with Gasteiger partial charge in [-0.1, -0.05) is 24.3 Å². The molecule has 0 amide bonds. The minimum atomic E-state index is 0.630. The molecule has 0 saturated carbocycles. The van der Waals surface area contributed by atoms with Gasteiger partial charge in [-0.3, -0.25) is 9.78 Å². The SMILES string of the molecule is Cn1ncc2c(-c3cccc(N)c3)nc(-c3cccc4[nH]ncc34)nc21. The molecule has 3 aromatic heterocycles. The molecule has 0 spiro atoms. The van der Waals surface area contributed by atoms with Gasteiger partial charge in [-0.25, -0.2) is 9.97 Å². The Morgan fingerprint density at radius 2 is 1.88 bits per heavy atom. The topological polar surface area (TPSA) is 98.3 Å². The molecule has 0 aliphatic rings. The van der Waals surface area contributed by atoms with Crippen molar-refractivity contribution < 1.29 is 0 Å². The second-order valence-corrected chi connectivity index (χ2v) is 6.16. The monoisotopic (exact) mass is 341 g/mol. The molecule has 0 fully saturated rings. The minimum absolute atomic E-state index is 0.630. The zero-order chi connectivity index (χ0) is 17.7. The maximum Gasteiger partial charge on any atom is 0.163 e. The summed E-state index contributed by atoms with van der Waals surface area (Å²) < 4.78 is 1.76. The predicted molar refractivity (Wildman–Crippen MR) is 101 cm³/mol. The average Bonchev–Trinajstić information content (AvgIpc) is 3.28. The van der Waals surface area contributed by atoms with Gasteiger partial charge < -0.3 is 5.73 Å². The number of nitrogens with zero attached hydrogens (tertiary/aromatic N) is 5. The van der Waals surface area contributed by atoms with Crippen molar-refractivity contribution in [2.24, 2.45) is 7.05 Å². The number of aromatic amines is 1. The van der Waals surface area contributed by atoms with Crippen LogP contribution < -0.4 is 5.73 Å². The molecule has 3 heterocycles. The highest BCUT2D eigenvalue weighted by molar-refractivity contribution is 5.96. The van der Waals surface area contributed by atoms with Crippen molar-refractivity contribution in [3.8, 4) is 22.6 Å². The largest absolute Gasteiger partial charge is 0.399 e. The van der Waals surface area contributed by atoms with Crippen LogP contribution in [0.15, 0.2) is 54.9 Å². The van der Waals surface area contributed by atoms with Crippen LogP contribution in [-0.4, -0.2) is 29.9 Å². The number of nitrogens with one attached hydrogen (secondary N) is 1. The van der Waals surface area contributed by atoms with Gasteiger partial charge in [0.25, 0.3) is 0 Å². The fourth-order valence-corrected chi connectivity index (χ4v) is 3.21. The highest BCUT2D eigenvalue weighted by Gasteiger charge is 2.16. The van der Waals surface area contributed by atoms with Crippen LogP contribution in [0.2, 0.25) is 0 Å². The Labute approximate surface area is 148 Å². The summed E-state index contributed by atoms with van der Waals surface area (Å²) in [5.41, 5.74) is 11.1. The van der Waals surface area contributed by atoms with E-state index in [2.05, 4.69) is 15.3 Å². The van der Waals surface area contributed by atoms with Gasteiger partial charge in [0.1, 0.15) is 0 Å². The standard InChI is InChI=1S/C19H15N7/c1-26-19-15(10-22-26)17(11-4-2-5-12(20)8-11)23-18(24-19)13-6-3-7-16-14(13)9-21-25-16/h2-10H,20H2,1H3,(H,21,25). The molecule has 5 rings (SSSR count). The number of benzene rings is 2. The lowest BCUT2D eigenvalue weighted by Crippen LogP contribution is -1.98. The van der Waals surface area contributed by atoms with Gasteiger partial charge in [-0.15, -0.1) is 0 Å². The zero-order valence-electron chi connectivity index (χ0n) is 14.0. The lowest BCUT2D eigenvalue weighted by Gasteiger charge is -2.08. The normalized spacial score (nSPS) is 11.4. The number of hydrogen-bond acceptors (Lipinski definition) is 5. The second kappa shape index (κ2) is 5.38. The number of rotatable bonds is 2. The van der Waals surface area contributed by atoms with Gasteiger partial charge in [-0.2, -0.15) is 10.2 Å². The molecule has 0 aliphatic heterocycles. The number of nitrogen functional groups attached to an aromatic ring is 1. The van der Waals surface area contributed by atoms with Gasteiger partial charge in [0.05, 0.1) is 29.0 Å². The van der Waals surface area contributed by atoms with Crippen molar-refractivity contribution in [2.45, 2.75) is 0 Å². The average molecular weight is 341 g/mol. The Bertz CT molecular complexity index is 1270. The number of nitrogens with two attached hydrogens (primary N) is 1. The third-order valence-electron chi connectivity index (χ3n) is 4.48. The summed E-state index contributed by atoms with van der Waals surface area (Å²) in [6.07, 6.45) is 3.58. The van der Waals surface area contributed by atoms with Crippen molar-refractivity contribution in [1.82, 2.24) is 29.9 Å². The first-order valence-corrected chi connectivity index (χ1v) is 8.19. The summed E-state index contributed by atoms with van der Waals surface area (Å²) in [6.45, 7) is 0. The number of hydrogen-bond donors (Lipinski definition) is 2. The Morgan fingerprint density at radius 1 is 1.00 bits per heavy atom. The van der Waals surface area contributed by atoms with E-state index in [1.54, 1.807) is 17.1 Å². The predicted octanol–water partition coefficient (Wildman–Crippen LogP) is 3.16. The van der Waals surface area contributed by atoms with Gasteiger partial charge in [-0.05, 0) is 18.2 Å². The first-order chi connectivity index (χ1) is 12.7. The Hall–Kier alpha value is -3.74. The molecule has 0 atom stereocenters. The van der Waals surface area contributed by atoms with E-state index in [9.17, 15) is 0 Å². The molecule has 7 nitrogen and oxygen atoms in total. The quantitative estimate of drug-likeness (QED) is 0.481. The second-order valence-electron chi connectivity index (χ2n) is 6.16. The van der Waals surface area contributed by atoms with E-state index in [1.165, 1.54) is 0 Å². The molecule has 26 heavy (non-hydrogen) atoms. The molecule has 0 aliphatic carbocycles. The van der Waals surface area contributed by atoms with E-state index in [0.717, 1.165) is 38.8 Å². The first-order valence-electron chi connectivity index (χ1n) is 8.19. The molecule has 126 valence electrons. The van der Waals surface area contributed by atoms with Crippen molar-refractivity contribution >= 4 is 27.6 Å². The van der Waals surface area contributed by atoms with E-state index in [1.807, 2.05) is 49.5 Å². The van der Waals surface area contributed by atoms with E-state index >= 15 is 0 Å². The van der Waals surface area contributed by atoms with Crippen LogP contribution in [-0.2, 0) is 7.05 Å². The smallest absolute Gasteiger partial charge is 0.163 e. The fraction of sp³-hybridized carbons (Fsp3) is 0.0526. The maximum atomic E-state index is 5.98. The molecule has 7 heteroatoms. The maximum absolute atomic E-state index is 5.98. The molecule has 0 radical (unpaired) electrons.